The number of carbonyl (C=O) groups excluding carboxylic acids is 3. The topological polar surface area (TPSA) is 84.9 Å². The first kappa shape index (κ1) is 26.7. The molecule has 1 saturated heterocycles. The number of ether oxygens (including phenoxy) is 2. The molecule has 0 bridgehead atoms. The van der Waals surface area contributed by atoms with Crippen molar-refractivity contribution < 1.29 is 23.9 Å². The molecule has 3 aliphatic heterocycles. The van der Waals surface area contributed by atoms with Gasteiger partial charge < -0.3 is 19.7 Å². The molecule has 0 aromatic heterocycles. The second-order valence-corrected chi connectivity index (χ2v) is 11.2. The van der Waals surface area contributed by atoms with Crippen LogP contribution in [0.25, 0.3) is 6.08 Å². The van der Waals surface area contributed by atoms with Crippen molar-refractivity contribution in [3.8, 4) is 11.5 Å². The number of fused-ring (bicyclic) bond motifs is 6. The Kier molecular flexibility index (Phi) is 6.20. The van der Waals surface area contributed by atoms with Crippen molar-refractivity contribution in [2.75, 3.05) is 19.5 Å². The summed E-state index contributed by atoms with van der Waals surface area (Å²) in [6.07, 6.45) is 3.81. The van der Waals surface area contributed by atoms with Gasteiger partial charge in [0.2, 0.25) is 5.91 Å². The van der Waals surface area contributed by atoms with Gasteiger partial charge in [0.05, 0.1) is 31.7 Å². The van der Waals surface area contributed by atoms with E-state index in [4.69, 9.17) is 9.47 Å². The Bertz CT molecular complexity index is 1830. The molecule has 0 saturated carbocycles. The van der Waals surface area contributed by atoms with Crippen molar-refractivity contribution in [1.82, 2.24) is 4.90 Å². The molecule has 3 aliphatic rings. The first-order chi connectivity index (χ1) is 20.9. The molecule has 4 aromatic carbocycles. The van der Waals surface area contributed by atoms with E-state index >= 15 is 0 Å². The molecule has 1 spiro atoms. The number of methoxy groups -OCH3 is 2. The van der Waals surface area contributed by atoms with Gasteiger partial charge in [0.25, 0.3) is 0 Å². The van der Waals surface area contributed by atoms with Gasteiger partial charge in [-0.25, -0.2) is 0 Å². The van der Waals surface area contributed by atoms with Crippen LogP contribution in [-0.2, 0) is 10.2 Å². The summed E-state index contributed by atoms with van der Waals surface area (Å²) in [7, 11) is 3.04. The predicted molar refractivity (Wildman–Crippen MR) is 163 cm³/mol. The molecule has 0 radical (unpaired) electrons. The number of Topliss-reactive ketones (excluding diaryl/α,β-unsaturated/α-hetero) is 2. The summed E-state index contributed by atoms with van der Waals surface area (Å²) < 4.78 is 11.1. The van der Waals surface area contributed by atoms with Crippen molar-refractivity contribution in [2.24, 2.45) is 5.92 Å². The molecule has 1 amide bonds. The number of amides is 1. The quantitative estimate of drug-likeness (QED) is 0.287. The fourth-order valence-electron chi connectivity index (χ4n) is 7.23. The smallest absolute Gasteiger partial charge is 0.238 e. The highest BCUT2D eigenvalue weighted by molar-refractivity contribution is 6.17. The first-order valence-corrected chi connectivity index (χ1v) is 14.2. The van der Waals surface area contributed by atoms with E-state index in [2.05, 4.69) is 5.32 Å². The highest BCUT2D eigenvalue weighted by Crippen LogP contribution is 2.62. The second-order valence-electron chi connectivity index (χ2n) is 11.2. The molecular weight excluding hydrogens is 540 g/mol. The summed E-state index contributed by atoms with van der Waals surface area (Å²) in [5, 5.41) is 3.08. The number of carbonyl (C=O) groups is 3. The van der Waals surface area contributed by atoms with Crippen LogP contribution in [0.5, 0.6) is 11.5 Å². The molecule has 214 valence electrons. The summed E-state index contributed by atoms with van der Waals surface area (Å²) in [5.74, 6) is -1.12. The maximum absolute atomic E-state index is 14.9. The van der Waals surface area contributed by atoms with Crippen LogP contribution in [0.1, 0.15) is 49.0 Å². The molecule has 7 heteroatoms. The number of hydrogen-bond donors (Lipinski definition) is 1. The summed E-state index contributed by atoms with van der Waals surface area (Å²) in [6, 6.07) is 26.1. The molecule has 7 rings (SSSR count). The normalized spacial score (nSPS) is 22.9. The molecule has 0 unspecified atom stereocenters. The maximum Gasteiger partial charge on any atom is 0.238 e. The fraction of sp³-hybridized carbons (Fsp3) is 0.194. The molecule has 7 nitrogen and oxygen atoms in total. The van der Waals surface area contributed by atoms with Crippen LogP contribution in [0.3, 0.4) is 0 Å². The highest BCUT2D eigenvalue weighted by atomic mass is 16.5. The molecular formula is C36H30N2O5. The number of anilines is 1. The Morgan fingerprint density at radius 1 is 0.860 bits per heavy atom. The standard InChI is InChI=1S/C36H30N2O5/c1-21-12-14-23(15-13-21)32(39)30-31(33(40)26-20-24(42-2)16-17-29(26)43-3)38-19-18-22-8-4-5-9-25(22)34(38)36(30)27-10-6-7-11-28(27)37-35(36)41/h4-20,30-31,34H,1-3H3,(H,37,41)/t30-,31+,34-,36-/m1/s1. The Morgan fingerprint density at radius 3 is 2.37 bits per heavy atom. The minimum atomic E-state index is -1.40. The molecule has 4 aromatic rings. The van der Waals surface area contributed by atoms with Gasteiger partial charge in [0, 0.05) is 17.5 Å². The van der Waals surface area contributed by atoms with Crippen molar-refractivity contribution in [1.29, 1.82) is 0 Å². The summed E-state index contributed by atoms with van der Waals surface area (Å²) >= 11 is 0. The first-order valence-electron chi connectivity index (χ1n) is 14.2. The monoisotopic (exact) mass is 570 g/mol. The van der Waals surface area contributed by atoms with Crippen molar-refractivity contribution >= 4 is 29.2 Å². The van der Waals surface area contributed by atoms with Gasteiger partial charge in [-0.3, -0.25) is 14.4 Å². The third kappa shape index (κ3) is 3.77. The number of para-hydroxylation sites is 1. The van der Waals surface area contributed by atoms with E-state index in [1.807, 2.05) is 84.8 Å². The summed E-state index contributed by atoms with van der Waals surface area (Å²) in [6.45, 7) is 1.95. The van der Waals surface area contributed by atoms with E-state index in [9.17, 15) is 14.4 Å². The molecule has 1 N–H and O–H groups in total. The number of nitrogens with zero attached hydrogens (tertiary/aromatic N) is 1. The van der Waals surface area contributed by atoms with E-state index in [0.29, 0.717) is 28.3 Å². The third-order valence-corrected chi connectivity index (χ3v) is 9.13. The summed E-state index contributed by atoms with van der Waals surface area (Å²) in [5.41, 5.74) is 3.51. The zero-order valence-electron chi connectivity index (χ0n) is 24.0. The van der Waals surface area contributed by atoms with Gasteiger partial charge >= 0.3 is 0 Å². The Balaban J connectivity index is 1.54. The zero-order valence-corrected chi connectivity index (χ0v) is 24.0. The Hall–Kier alpha value is -5.17. The van der Waals surface area contributed by atoms with Gasteiger partial charge in [-0.05, 0) is 54.0 Å². The zero-order chi connectivity index (χ0) is 29.9. The van der Waals surface area contributed by atoms with E-state index in [0.717, 1.165) is 16.7 Å². The van der Waals surface area contributed by atoms with Crippen molar-refractivity contribution in [2.45, 2.75) is 24.4 Å². The number of ketones is 2. The largest absolute Gasteiger partial charge is 0.497 e. The number of hydrogen-bond acceptors (Lipinski definition) is 6. The van der Waals surface area contributed by atoms with Crippen LogP contribution >= 0.6 is 0 Å². The fourth-order valence-corrected chi connectivity index (χ4v) is 7.23. The highest BCUT2D eigenvalue weighted by Gasteiger charge is 2.70. The Labute approximate surface area is 249 Å². The average molecular weight is 571 g/mol. The average Bonchev–Trinajstić information content (AvgIpc) is 3.52. The number of nitrogens with one attached hydrogen (secondary N) is 1. The lowest BCUT2D eigenvalue weighted by Crippen LogP contribution is -2.49. The van der Waals surface area contributed by atoms with Crippen LogP contribution in [0.15, 0.2) is 97.2 Å². The lowest BCUT2D eigenvalue weighted by Gasteiger charge is -2.38. The molecule has 3 heterocycles. The molecule has 0 aliphatic carbocycles. The number of benzene rings is 4. The Morgan fingerprint density at radius 2 is 1.60 bits per heavy atom. The van der Waals surface area contributed by atoms with Gasteiger partial charge in [0.15, 0.2) is 11.6 Å². The van der Waals surface area contributed by atoms with E-state index in [1.165, 1.54) is 14.2 Å². The van der Waals surface area contributed by atoms with Crippen LogP contribution < -0.4 is 14.8 Å². The summed E-state index contributed by atoms with van der Waals surface area (Å²) in [4.78, 5) is 46.3. The van der Waals surface area contributed by atoms with Gasteiger partial charge in [-0.2, -0.15) is 0 Å². The SMILES string of the molecule is COc1ccc(OC)c(C(=O)[C@@H]2[C@H](C(=O)c3ccc(C)cc3)[C@@]3(C(=O)Nc4ccccc43)[C@H]3c4ccccc4C=CN23)c1. The lowest BCUT2D eigenvalue weighted by molar-refractivity contribution is -0.122. The number of aryl methyl sites for hydroxylation is 1. The third-order valence-electron chi connectivity index (χ3n) is 9.13. The molecule has 1 fully saturated rings. The minimum absolute atomic E-state index is 0.271. The molecule has 4 atom stereocenters. The van der Waals surface area contributed by atoms with Gasteiger partial charge in [-0.15, -0.1) is 0 Å². The van der Waals surface area contributed by atoms with Gasteiger partial charge in [0.1, 0.15) is 23.0 Å². The second kappa shape index (κ2) is 9.98. The van der Waals surface area contributed by atoms with Crippen molar-refractivity contribution in [3.63, 3.8) is 0 Å². The minimum Gasteiger partial charge on any atom is -0.497 e. The maximum atomic E-state index is 14.9. The van der Waals surface area contributed by atoms with Crippen LogP contribution in [0.4, 0.5) is 5.69 Å². The van der Waals surface area contributed by atoms with Crippen molar-refractivity contribution in [3.05, 3.63) is 131 Å². The lowest BCUT2D eigenvalue weighted by atomic mass is 9.62. The van der Waals surface area contributed by atoms with E-state index in [-0.39, 0.29) is 23.0 Å². The van der Waals surface area contributed by atoms with Crippen LogP contribution in [-0.4, -0.2) is 42.6 Å². The van der Waals surface area contributed by atoms with E-state index < -0.39 is 23.4 Å². The van der Waals surface area contributed by atoms with Crippen LogP contribution in [0, 0.1) is 12.8 Å². The molecule has 43 heavy (non-hydrogen) atoms. The number of rotatable bonds is 6. The van der Waals surface area contributed by atoms with Crippen LogP contribution in [0.2, 0.25) is 0 Å². The van der Waals surface area contributed by atoms with E-state index in [1.54, 1.807) is 30.3 Å². The predicted octanol–water partition coefficient (Wildman–Crippen LogP) is 5.99. The van der Waals surface area contributed by atoms with Gasteiger partial charge in [-0.1, -0.05) is 72.3 Å².